The predicted molar refractivity (Wildman–Crippen MR) is 198 cm³/mol. The normalized spacial score (nSPS) is 30.4. The molecule has 50 heavy (non-hydrogen) atoms. The second-order valence-corrected chi connectivity index (χ2v) is 14.6. The van der Waals surface area contributed by atoms with Gasteiger partial charge in [0.05, 0.1) is 49.3 Å². The lowest BCUT2D eigenvalue weighted by molar-refractivity contribution is -0.208. The molecule has 10 nitrogen and oxygen atoms in total. The summed E-state index contributed by atoms with van der Waals surface area (Å²) in [6.45, 7) is 19.6. The lowest BCUT2D eigenvalue weighted by atomic mass is 9.77. The zero-order valence-electron chi connectivity index (χ0n) is 31.6. The first-order valence-corrected chi connectivity index (χ1v) is 17.9. The molecule has 11 unspecified atom stereocenters. The minimum atomic E-state index is -0.965. The number of rotatable bonds is 19. The standard InChI is InChI=1S/C40H64N2O8/c1-11-12-13-26(3)18-28(5)35-22-32(47-10)20-33(48-35)23-36-29(6)24-40(8,45)37(50-36)19-27(4)15-14-25(2)16-17-31(49-39(42)44)21-34(41)38(43)30(7)46-9/h11-16,18,27-29,31-37,45H,1,7,17,19-24,41H2,2-6,8-10H3,(H2,42,44)/b13-12+,15-14+,25-16+,26-18+. The molecular formula is C40H64N2O8. The van der Waals surface area contributed by atoms with Crippen LogP contribution in [0.15, 0.2) is 72.6 Å². The Kier molecular flexibility index (Phi) is 17.9. The molecule has 0 radical (unpaired) electrons. The van der Waals surface area contributed by atoms with Crippen LogP contribution < -0.4 is 11.5 Å². The van der Waals surface area contributed by atoms with Crippen molar-refractivity contribution in [3.8, 4) is 0 Å². The average Bonchev–Trinajstić information content (AvgIpc) is 3.05. The molecule has 0 aromatic carbocycles. The smallest absolute Gasteiger partial charge is 0.404 e. The third-order valence-electron chi connectivity index (χ3n) is 9.86. The van der Waals surface area contributed by atoms with Crippen molar-refractivity contribution in [3.63, 3.8) is 0 Å². The molecule has 5 N–H and O–H groups in total. The van der Waals surface area contributed by atoms with Crippen LogP contribution in [0.4, 0.5) is 4.79 Å². The number of carbonyl (C=O) groups is 2. The zero-order valence-corrected chi connectivity index (χ0v) is 31.6. The summed E-state index contributed by atoms with van der Waals surface area (Å²) in [4.78, 5) is 23.8. The summed E-state index contributed by atoms with van der Waals surface area (Å²) in [7, 11) is 3.11. The predicted octanol–water partition coefficient (Wildman–Crippen LogP) is 6.64. The zero-order chi connectivity index (χ0) is 37.6. The second-order valence-electron chi connectivity index (χ2n) is 14.6. The van der Waals surface area contributed by atoms with Crippen molar-refractivity contribution >= 4 is 11.9 Å². The summed E-state index contributed by atoms with van der Waals surface area (Å²) in [5, 5.41) is 11.4. The van der Waals surface area contributed by atoms with E-state index in [1.165, 1.54) is 12.7 Å². The van der Waals surface area contributed by atoms with Gasteiger partial charge in [-0.05, 0) is 51.9 Å². The molecule has 0 aromatic heterocycles. The summed E-state index contributed by atoms with van der Waals surface area (Å²) in [6, 6.07) is -0.946. The van der Waals surface area contributed by atoms with E-state index in [4.69, 9.17) is 35.2 Å². The van der Waals surface area contributed by atoms with Crippen molar-refractivity contribution in [3.05, 3.63) is 72.6 Å². The second kappa shape index (κ2) is 20.7. The summed E-state index contributed by atoms with van der Waals surface area (Å²) in [5.41, 5.74) is 12.4. The number of nitrogens with two attached hydrogens (primary N) is 2. The highest BCUT2D eigenvalue weighted by Gasteiger charge is 2.45. The Morgan fingerprint density at radius 2 is 1.82 bits per heavy atom. The minimum absolute atomic E-state index is 0.00586. The van der Waals surface area contributed by atoms with E-state index in [0.29, 0.717) is 19.3 Å². The van der Waals surface area contributed by atoms with Gasteiger partial charge in [0, 0.05) is 38.7 Å². The fourth-order valence-electron chi connectivity index (χ4n) is 6.92. The highest BCUT2D eigenvalue weighted by molar-refractivity contribution is 5.97. The number of aliphatic hydroxyl groups is 1. The van der Waals surface area contributed by atoms with Gasteiger partial charge in [-0.15, -0.1) is 0 Å². The Bertz CT molecular complexity index is 1250. The quantitative estimate of drug-likeness (QED) is 0.0765. The van der Waals surface area contributed by atoms with Gasteiger partial charge in [-0.1, -0.05) is 87.6 Å². The molecule has 10 heteroatoms. The van der Waals surface area contributed by atoms with E-state index in [-0.39, 0.29) is 60.5 Å². The summed E-state index contributed by atoms with van der Waals surface area (Å²) in [6.07, 6.45) is 16.2. The van der Waals surface area contributed by atoms with Crippen LogP contribution >= 0.6 is 0 Å². The number of amides is 1. The summed E-state index contributed by atoms with van der Waals surface area (Å²) < 4.78 is 29.3. The number of ether oxygens (including phenoxy) is 5. The van der Waals surface area contributed by atoms with E-state index in [0.717, 1.165) is 24.8 Å². The van der Waals surface area contributed by atoms with Gasteiger partial charge in [0.2, 0.25) is 5.78 Å². The maximum absolute atomic E-state index is 12.3. The molecule has 2 aliphatic rings. The van der Waals surface area contributed by atoms with Crippen LogP contribution in [0.25, 0.3) is 0 Å². The molecule has 2 heterocycles. The Morgan fingerprint density at radius 1 is 1.12 bits per heavy atom. The minimum Gasteiger partial charge on any atom is -0.494 e. The van der Waals surface area contributed by atoms with Crippen molar-refractivity contribution in [2.45, 2.75) is 135 Å². The molecule has 0 aliphatic carbocycles. The van der Waals surface area contributed by atoms with Crippen LogP contribution in [0.2, 0.25) is 0 Å². The van der Waals surface area contributed by atoms with Crippen LogP contribution in [0.5, 0.6) is 0 Å². The molecule has 11 atom stereocenters. The van der Waals surface area contributed by atoms with Gasteiger partial charge in [0.15, 0.2) is 5.76 Å². The van der Waals surface area contributed by atoms with Crippen molar-refractivity contribution in [2.75, 3.05) is 14.2 Å². The average molecular weight is 701 g/mol. The lowest BCUT2D eigenvalue weighted by Gasteiger charge is -2.47. The molecule has 2 aliphatic heterocycles. The van der Waals surface area contributed by atoms with E-state index in [1.54, 1.807) is 13.2 Å². The van der Waals surface area contributed by atoms with Gasteiger partial charge >= 0.3 is 6.09 Å². The highest BCUT2D eigenvalue weighted by atomic mass is 16.6. The maximum Gasteiger partial charge on any atom is 0.404 e. The van der Waals surface area contributed by atoms with Crippen LogP contribution in [-0.2, 0) is 28.5 Å². The van der Waals surface area contributed by atoms with Gasteiger partial charge in [0.25, 0.3) is 0 Å². The van der Waals surface area contributed by atoms with E-state index in [2.05, 4.69) is 59.1 Å². The molecule has 2 fully saturated rings. The largest absolute Gasteiger partial charge is 0.494 e. The van der Waals surface area contributed by atoms with E-state index < -0.39 is 29.6 Å². The number of carbonyl (C=O) groups excluding carboxylic acids is 2. The fraction of sp³-hybridized carbons (Fsp3) is 0.650. The Balaban J connectivity index is 2.05. The number of primary amides is 1. The van der Waals surface area contributed by atoms with E-state index >= 15 is 0 Å². The molecule has 0 spiro atoms. The Labute approximate surface area is 300 Å². The molecular weight excluding hydrogens is 636 g/mol. The molecule has 2 saturated heterocycles. The van der Waals surface area contributed by atoms with Crippen molar-refractivity contribution < 1.29 is 38.4 Å². The maximum atomic E-state index is 12.3. The van der Waals surface area contributed by atoms with E-state index in [9.17, 15) is 14.7 Å². The number of hydrogen-bond acceptors (Lipinski definition) is 9. The molecule has 1 amide bonds. The first kappa shape index (κ1) is 43.1. The van der Waals surface area contributed by atoms with Gasteiger partial charge < -0.3 is 40.3 Å². The molecule has 0 bridgehead atoms. The topological polar surface area (TPSA) is 153 Å². The van der Waals surface area contributed by atoms with Crippen LogP contribution in [0.3, 0.4) is 0 Å². The van der Waals surface area contributed by atoms with Crippen LogP contribution in [0, 0.1) is 17.8 Å². The van der Waals surface area contributed by atoms with Crippen LogP contribution in [0.1, 0.15) is 86.5 Å². The molecule has 2 rings (SSSR count). The summed E-state index contributed by atoms with van der Waals surface area (Å²) in [5.74, 6) is -0.0301. The van der Waals surface area contributed by atoms with Crippen LogP contribution in [-0.4, -0.2) is 79.5 Å². The molecule has 282 valence electrons. The van der Waals surface area contributed by atoms with Gasteiger partial charge in [0.1, 0.15) is 6.10 Å². The van der Waals surface area contributed by atoms with Crippen molar-refractivity contribution in [1.29, 1.82) is 0 Å². The number of methoxy groups -OCH3 is 2. The van der Waals surface area contributed by atoms with E-state index in [1.807, 2.05) is 32.1 Å². The number of ketones is 1. The third-order valence-corrected chi connectivity index (χ3v) is 9.86. The first-order chi connectivity index (χ1) is 23.5. The van der Waals surface area contributed by atoms with Gasteiger partial charge in [-0.25, -0.2) is 4.79 Å². The van der Waals surface area contributed by atoms with Crippen molar-refractivity contribution in [1.82, 2.24) is 0 Å². The first-order valence-electron chi connectivity index (χ1n) is 17.9. The highest BCUT2D eigenvalue weighted by Crippen LogP contribution is 2.39. The number of allylic oxidation sites excluding steroid dienone is 7. The van der Waals surface area contributed by atoms with Gasteiger partial charge in [-0.2, -0.15) is 0 Å². The lowest BCUT2D eigenvalue weighted by Crippen LogP contribution is -2.53. The third kappa shape index (κ3) is 14.3. The van der Waals surface area contributed by atoms with Crippen molar-refractivity contribution in [2.24, 2.45) is 29.2 Å². The Hall–Kier alpha value is -3.02. The number of hydrogen-bond donors (Lipinski definition) is 3. The summed E-state index contributed by atoms with van der Waals surface area (Å²) >= 11 is 0. The molecule has 0 saturated carbocycles. The monoisotopic (exact) mass is 700 g/mol. The van der Waals surface area contributed by atoms with Gasteiger partial charge in [-0.3, -0.25) is 4.79 Å². The molecule has 0 aromatic rings. The fourth-order valence-corrected chi connectivity index (χ4v) is 6.92. The SMILES string of the molecule is C=C/C=C/C(C)=C/C(C)C1CC(OC)CC(CC2OC(CC(C)/C=C/C(C)=C/CC(CC(N)C(=O)C(=C)OC)OC(N)=O)C(C)(O)CC2C)O1. The number of Topliss-reactive ketones (excluding diaryl/α,β-unsaturated/α-hetero) is 1. The Morgan fingerprint density at radius 3 is 2.44 bits per heavy atom.